The zero-order chi connectivity index (χ0) is 15.6. The minimum absolute atomic E-state index is 0.248. The Morgan fingerprint density at radius 1 is 1.26 bits per heavy atom. The van der Waals surface area contributed by atoms with Crippen molar-refractivity contribution in [3.63, 3.8) is 0 Å². The topological polar surface area (TPSA) is 98.5 Å². The highest BCUT2D eigenvalue weighted by Crippen LogP contribution is 2.42. The maximum absolute atomic E-state index is 12.7. The van der Waals surface area contributed by atoms with Gasteiger partial charge >= 0.3 is 0 Å². The molecule has 1 aliphatic rings. The SMILES string of the molecule is O=C(Nc1nnc(C2CC2)s1)[C@@H](c1ccccc1)n1cnnn1. The van der Waals surface area contributed by atoms with Gasteiger partial charge in [0.1, 0.15) is 11.3 Å². The fraction of sp³-hybridized carbons (Fsp3) is 0.286. The number of anilines is 1. The maximum atomic E-state index is 12.7. The molecule has 3 aromatic rings. The van der Waals surface area contributed by atoms with E-state index in [-0.39, 0.29) is 5.91 Å². The van der Waals surface area contributed by atoms with Gasteiger partial charge < -0.3 is 0 Å². The van der Waals surface area contributed by atoms with Crippen LogP contribution >= 0.6 is 11.3 Å². The second-order valence-corrected chi connectivity index (χ2v) is 6.32. The van der Waals surface area contributed by atoms with Gasteiger partial charge in [-0.3, -0.25) is 10.1 Å². The molecular weight excluding hydrogens is 314 g/mol. The van der Waals surface area contributed by atoms with Crippen molar-refractivity contribution in [2.24, 2.45) is 0 Å². The molecule has 1 N–H and O–H groups in total. The predicted octanol–water partition coefficient (Wildman–Crippen LogP) is 1.63. The highest BCUT2D eigenvalue weighted by molar-refractivity contribution is 7.15. The number of nitrogens with one attached hydrogen (secondary N) is 1. The molecule has 1 atom stereocenters. The van der Waals surface area contributed by atoms with Crippen LogP contribution in [0.4, 0.5) is 5.13 Å². The van der Waals surface area contributed by atoms with Crippen molar-refractivity contribution in [1.29, 1.82) is 0 Å². The summed E-state index contributed by atoms with van der Waals surface area (Å²) in [5.41, 5.74) is 0.796. The van der Waals surface area contributed by atoms with E-state index in [1.807, 2.05) is 30.3 Å². The molecule has 1 fully saturated rings. The first-order valence-electron chi connectivity index (χ1n) is 7.23. The largest absolute Gasteiger partial charge is 0.298 e. The summed E-state index contributed by atoms with van der Waals surface area (Å²) in [6, 6.07) is 8.71. The zero-order valence-electron chi connectivity index (χ0n) is 12.0. The van der Waals surface area contributed by atoms with Crippen LogP contribution in [0, 0.1) is 0 Å². The van der Waals surface area contributed by atoms with Gasteiger partial charge in [0.2, 0.25) is 5.13 Å². The van der Waals surface area contributed by atoms with E-state index in [1.165, 1.54) is 22.3 Å². The standard InChI is InChI=1S/C14H13N7OS/c22-12(16-14-18-17-13(23-14)10-6-7-10)11(21-8-15-19-20-21)9-4-2-1-3-5-9/h1-5,8,10-11H,6-7H2,(H,16,18,22)/t11-/m1/s1. The molecule has 0 aliphatic heterocycles. The zero-order valence-corrected chi connectivity index (χ0v) is 12.8. The Labute approximate surface area is 135 Å². The quantitative estimate of drug-likeness (QED) is 0.765. The number of aromatic nitrogens is 6. The number of tetrazole rings is 1. The lowest BCUT2D eigenvalue weighted by molar-refractivity contribution is -0.118. The van der Waals surface area contributed by atoms with Gasteiger partial charge in [-0.05, 0) is 28.8 Å². The van der Waals surface area contributed by atoms with E-state index < -0.39 is 6.04 Å². The van der Waals surface area contributed by atoms with Crippen molar-refractivity contribution < 1.29 is 4.79 Å². The summed E-state index contributed by atoms with van der Waals surface area (Å²) in [6.07, 6.45) is 3.73. The minimum Gasteiger partial charge on any atom is -0.298 e. The van der Waals surface area contributed by atoms with Crippen LogP contribution in [-0.2, 0) is 4.79 Å². The van der Waals surface area contributed by atoms with E-state index in [0.717, 1.165) is 23.4 Å². The summed E-state index contributed by atoms with van der Waals surface area (Å²) in [7, 11) is 0. The van der Waals surface area contributed by atoms with Gasteiger partial charge in [-0.15, -0.1) is 15.3 Å². The van der Waals surface area contributed by atoms with Crippen molar-refractivity contribution in [2.45, 2.75) is 24.8 Å². The lowest BCUT2D eigenvalue weighted by Gasteiger charge is -2.15. The van der Waals surface area contributed by atoms with Gasteiger partial charge in [-0.25, -0.2) is 4.68 Å². The van der Waals surface area contributed by atoms with Crippen LogP contribution in [0.25, 0.3) is 0 Å². The van der Waals surface area contributed by atoms with Gasteiger partial charge in [0, 0.05) is 5.92 Å². The predicted molar refractivity (Wildman–Crippen MR) is 82.9 cm³/mol. The smallest absolute Gasteiger partial charge is 0.255 e. The molecule has 1 saturated carbocycles. The number of carbonyl (C=O) groups excluding carboxylic acids is 1. The Hall–Kier alpha value is -2.68. The number of hydrogen-bond donors (Lipinski definition) is 1. The fourth-order valence-electron chi connectivity index (χ4n) is 2.30. The normalized spacial score (nSPS) is 15.3. The van der Waals surface area contributed by atoms with Gasteiger partial charge in [-0.2, -0.15) is 0 Å². The third-order valence-corrected chi connectivity index (χ3v) is 4.59. The average Bonchev–Trinajstić information content (AvgIpc) is 3.08. The summed E-state index contributed by atoms with van der Waals surface area (Å²) >= 11 is 1.43. The van der Waals surface area contributed by atoms with Crippen molar-refractivity contribution in [1.82, 2.24) is 30.4 Å². The average molecular weight is 327 g/mol. The first-order chi connectivity index (χ1) is 11.3. The molecule has 4 rings (SSSR count). The summed E-state index contributed by atoms with van der Waals surface area (Å²) in [6.45, 7) is 0. The molecule has 1 aliphatic carbocycles. The number of benzene rings is 1. The second kappa shape index (κ2) is 5.84. The van der Waals surface area contributed by atoms with Gasteiger partial charge in [0.25, 0.3) is 5.91 Å². The molecule has 116 valence electrons. The van der Waals surface area contributed by atoms with Crippen LogP contribution in [0.1, 0.15) is 35.4 Å². The lowest BCUT2D eigenvalue weighted by atomic mass is 10.1. The Morgan fingerprint density at radius 2 is 2.09 bits per heavy atom. The Bertz CT molecular complexity index is 798. The lowest BCUT2D eigenvalue weighted by Crippen LogP contribution is -2.27. The molecule has 9 heteroatoms. The first-order valence-corrected chi connectivity index (χ1v) is 8.04. The van der Waals surface area contributed by atoms with Gasteiger partial charge in [0.05, 0.1) is 0 Å². The van der Waals surface area contributed by atoms with E-state index in [1.54, 1.807) is 0 Å². The maximum Gasteiger partial charge on any atom is 0.255 e. The minimum atomic E-state index is -0.653. The van der Waals surface area contributed by atoms with Crippen LogP contribution in [0.2, 0.25) is 0 Å². The molecule has 0 bridgehead atoms. The van der Waals surface area contributed by atoms with Crippen molar-refractivity contribution >= 4 is 22.4 Å². The van der Waals surface area contributed by atoms with E-state index in [0.29, 0.717) is 11.0 Å². The molecule has 1 amide bonds. The molecule has 0 saturated heterocycles. The van der Waals surface area contributed by atoms with Crippen molar-refractivity contribution in [2.75, 3.05) is 5.32 Å². The molecule has 2 heterocycles. The Kier molecular flexibility index (Phi) is 3.54. The number of hydrogen-bond acceptors (Lipinski definition) is 7. The van der Waals surface area contributed by atoms with Crippen LogP contribution in [0.5, 0.6) is 0 Å². The Balaban J connectivity index is 1.59. The van der Waals surface area contributed by atoms with E-state index in [9.17, 15) is 4.79 Å². The molecular formula is C14H13N7OS. The highest BCUT2D eigenvalue weighted by Gasteiger charge is 2.29. The first kappa shape index (κ1) is 13.9. The number of rotatable bonds is 5. The molecule has 23 heavy (non-hydrogen) atoms. The van der Waals surface area contributed by atoms with Crippen LogP contribution in [0.15, 0.2) is 36.7 Å². The molecule has 2 aromatic heterocycles. The van der Waals surface area contributed by atoms with E-state index >= 15 is 0 Å². The Morgan fingerprint density at radius 3 is 2.78 bits per heavy atom. The van der Waals surface area contributed by atoms with Gasteiger partial charge in [-0.1, -0.05) is 41.7 Å². The number of amides is 1. The second-order valence-electron chi connectivity index (χ2n) is 5.31. The summed E-state index contributed by atoms with van der Waals surface area (Å²) in [5.74, 6) is 0.268. The fourth-order valence-corrected chi connectivity index (χ4v) is 3.22. The van der Waals surface area contributed by atoms with Crippen molar-refractivity contribution in [3.05, 3.63) is 47.2 Å². The van der Waals surface area contributed by atoms with Gasteiger partial charge in [0.15, 0.2) is 6.04 Å². The highest BCUT2D eigenvalue weighted by atomic mass is 32.1. The molecule has 0 radical (unpaired) electrons. The van der Waals surface area contributed by atoms with Crippen LogP contribution in [-0.4, -0.2) is 36.3 Å². The summed E-state index contributed by atoms with van der Waals surface area (Å²) in [4.78, 5) is 12.7. The van der Waals surface area contributed by atoms with Crippen molar-refractivity contribution in [3.8, 4) is 0 Å². The van der Waals surface area contributed by atoms with Crippen LogP contribution in [0.3, 0.4) is 0 Å². The molecule has 1 aromatic carbocycles. The molecule has 0 unspecified atom stereocenters. The van der Waals surface area contributed by atoms with Crippen LogP contribution < -0.4 is 5.32 Å². The van der Waals surface area contributed by atoms with E-state index in [4.69, 9.17) is 0 Å². The summed E-state index contributed by atoms with van der Waals surface area (Å²) < 4.78 is 1.42. The monoisotopic (exact) mass is 327 g/mol. The third-order valence-electron chi connectivity index (χ3n) is 3.59. The molecule has 0 spiro atoms. The molecule has 8 nitrogen and oxygen atoms in total. The third kappa shape index (κ3) is 2.95. The van der Waals surface area contributed by atoms with E-state index in [2.05, 4.69) is 31.0 Å². The number of carbonyl (C=O) groups is 1. The summed E-state index contributed by atoms with van der Waals surface area (Å²) in [5, 5.41) is 23.6. The number of nitrogens with zero attached hydrogens (tertiary/aromatic N) is 6.